The van der Waals surface area contributed by atoms with Gasteiger partial charge in [0, 0.05) is 23.7 Å². The fourth-order valence-corrected chi connectivity index (χ4v) is 4.18. The molecule has 0 aliphatic carbocycles. The molecule has 3 aliphatic rings. The summed E-state index contributed by atoms with van der Waals surface area (Å²) in [7, 11) is 0. The number of nitrogens with zero attached hydrogens (tertiary/aromatic N) is 2. The minimum atomic E-state index is -0.669. The van der Waals surface area contributed by atoms with Gasteiger partial charge in [-0.3, -0.25) is 0 Å². The third-order valence-electron chi connectivity index (χ3n) is 5.45. The van der Waals surface area contributed by atoms with E-state index in [2.05, 4.69) is 9.98 Å². The quantitative estimate of drug-likeness (QED) is 0.794. The average molecular weight is 355 g/mol. The molecule has 26 heavy (non-hydrogen) atoms. The Hall–Kier alpha value is -2.67. The summed E-state index contributed by atoms with van der Waals surface area (Å²) in [5.74, 6) is 0.227. The van der Waals surface area contributed by atoms with Crippen LogP contribution in [-0.2, 0) is 15.0 Å². The van der Waals surface area contributed by atoms with Gasteiger partial charge < -0.3 is 19.9 Å². The van der Waals surface area contributed by atoms with Crippen LogP contribution in [0.1, 0.15) is 12.0 Å². The molecule has 3 atom stereocenters. The summed E-state index contributed by atoms with van der Waals surface area (Å²) in [5.41, 5.74) is 7.20. The predicted molar refractivity (Wildman–Crippen MR) is 92.2 cm³/mol. The van der Waals surface area contributed by atoms with Crippen molar-refractivity contribution < 1.29 is 18.6 Å². The van der Waals surface area contributed by atoms with Gasteiger partial charge in [-0.2, -0.15) is 4.39 Å². The fourth-order valence-electron chi connectivity index (χ4n) is 4.18. The number of amidine groups is 1. The third kappa shape index (κ3) is 2.20. The van der Waals surface area contributed by atoms with Crippen LogP contribution in [-0.4, -0.2) is 36.9 Å². The molecule has 0 radical (unpaired) electrons. The molecule has 7 heteroatoms. The number of benzene rings is 1. The van der Waals surface area contributed by atoms with E-state index >= 15 is 0 Å². The van der Waals surface area contributed by atoms with Crippen molar-refractivity contribution in [3.05, 3.63) is 48.0 Å². The van der Waals surface area contributed by atoms with Crippen LogP contribution in [0.3, 0.4) is 0 Å². The van der Waals surface area contributed by atoms with Crippen molar-refractivity contribution in [1.29, 1.82) is 0 Å². The lowest BCUT2D eigenvalue weighted by Gasteiger charge is -2.45. The van der Waals surface area contributed by atoms with Gasteiger partial charge in [0.25, 0.3) is 6.02 Å². The molecule has 5 rings (SSSR count). The lowest BCUT2D eigenvalue weighted by atomic mass is 9.72. The Morgan fingerprint density at radius 2 is 2.19 bits per heavy atom. The Morgan fingerprint density at radius 3 is 3.00 bits per heavy atom. The minimum absolute atomic E-state index is 0.00112. The first-order valence-corrected chi connectivity index (χ1v) is 8.65. The summed E-state index contributed by atoms with van der Waals surface area (Å²) in [6.45, 7) is 1.51. The number of pyridine rings is 1. The van der Waals surface area contributed by atoms with Gasteiger partial charge in [-0.15, -0.1) is 0 Å². The molecular weight excluding hydrogens is 337 g/mol. The van der Waals surface area contributed by atoms with Gasteiger partial charge in [-0.25, -0.2) is 9.98 Å². The van der Waals surface area contributed by atoms with Crippen molar-refractivity contribution in [1.82, 2.24) is 4.98 Å². The minimum Gasteiger partial charge on any atom is -0.489 e. The number of hydrogen-bond donors (Lipinski definition) is 1. The maximum atomic E-state index is 14.2. The van der Waals surface area contributed by atoms with Gasteiger partial charge in [0.15, 0.2) is 0 Å². The molecule has 1 spiro atoms. The second-order valence-electron chi connectivity index (χ2n) is 6.84. The van der Waals surface area contributed by atoms with Gasteiger partial charge in [0.2, 0.25) is 5.95 Å². The molecular formula is C19H18FN3O3. The van der Waals surface area contributed by atoms with Gasteiger partial charge in [-0.1, -0.05) is 6.07 Å². The zero-order valence-electron chi connectivity index (χ0n) is 14.0. The van der Waals surface area contributed by atoms with E-state index in [4.69, 9.17) is 19.9 Å². The highest BCUT2D eigenvalue weighted by Gasteiger charge is 2.54. The zero-order chi connectivity index (χ0) is 17.7. The summed E-state index contributed by atoms with van der Waals surface area (Å²) in [4.78, 5) is 8.41. The van der Waals surface area contributed by atoms with Crippen molar-refractivity contribution in [2.24, 2.45) is 16.6 Å². The largest absolute Gasteiger partial charge is 0.489 e. The average Bonchev–Trinajstić information content (AvgIpc) is 3.05. The van der Waals surface area contributed by atoms with E-state index < -0.39 is 11.5 Å². The maximum absolute atomic E-state index is 14.2. The number of nitrogens with two attached hydrogens (primary N) is 1. The molecule has 2 N–H and O–H groups in total. The Morgan fingerprint density at radius 1 is 1.27 bits per heavy atom. The third-order valence-corrected chi connectivity index (χ3v) is 5.45. The van der Waals surface area contributed by atoms with E-state index in [1.54, 1.807) is 12.1 Å². The van der Waals surface area contributed by atoms with E-state index in [1.165, 1.54) is 6.20 Å². The number of aromatic nitrogens is 1. The van der Waals surface area contributed by atoms with Crippen molar-refractivity contribution in [2.75, 3.05) is 19.8 Å². The standard InChI is InChI=1S/C19H18FN3O3/c20-17-12(2-1-6-22-17)11-3-4-15-13(8-11)19(10-25-18(21)23-19)14-9-24-7-5-16(14)26-15/h1-4,6,8,14,16H,5,7,9-10H2,(H2,21,23)/t14?,16-,19?/m0/s1. The molecule has 0 amide bonds. The van der Waals surface area contributed by atoms with Crippen LogP contribution in [0.4, 0.5) is 4.39 Å². The lowest BCUT2D eigenvalue weighted by Crippen LogP contribution is -2.52. The van der Waals surface area contributed by atoms with Crippen molar-refractivity contribution in [2.45, 2.75) is 18.1 Å². The second kappa shape index (κ2) is 5.67. The van der Waals surface area contributed by atoms with Crippen LogP contribution >= 0.6 is 0 Å². The van der Waals surface area contributed by atoms with Crippen LogP contribution in [0.5, 0.6) is 5.75 Å². The SMILES string of the molecule is NC1=NC2(CO1)c1cc(-c3cccnc3F)ccc1O[C@H]1CCOCC12. The normalized spacial score (nSPS) is 29.3. The van der Waals surface area contributed by atoms with Gasteiger partial charge in [-0.05, 0) is 29.8 Å². The van der Waals surface area contributed by atoms with E-state index in [0.717, 1.165) is 17.7 Å². The number of fused-ring (bicyclic) bond motifs is 4. The first-order chi connectivity index (χ1) is 12.7. The number of hydrogen-bond acceptors (Lipinski definition) is 6. The Labute approximate surface area is 149 Å². The molecule has 0 bridgehead atoms. The van der Waals surface area contributed by atoms with Crippen molar-refractivity contribution in [3.8, 4) is 16.9 Å². The number of aliphatic imine (C=N–C) groups is 1. The highest BCUT2D eigenvalue weighted by molar-refractivity contribution is 5.75. The molecule has 6 nitrogen and oxygen atoms in total. The molecule has 3 aliphatic heterocycles. The van der Waals surface area contributed by atoms with Crippen LogP contribution in [0.15, 0.2) is 41.5 Å². The van der Waals surface area contributed by atoms with Crippen molar-refractivity contribution >= 4 is 6.02 Å². The molecule has 134 valence electrons. The predicted octanol–water partition coefficient (Wildman–Crippen LogP) is 2.23. The highest BCUT2D eigenvalue weighted by atomic mass is 19.1. The lowest BCUT2D eigenvalue weighted by molar-refractivity contribution is -0.0726. The molecule has 1 saturated heterocycles. The molecule has 1 fully saturated rings. The summed E-state index contributed by atoms with van der Waals surface area (Å²) in [5, 5.41) is 0. The van der Waals surface area contributed by atoms with E-state index in [9.17, 15) is 4.39 Å². The molecule has 1 aromatic heterocycles. The van der Waals surface area contributed by atoms with Crippen LogP contribution in [0.2, 0.25) is 0 Å². The Bertz CT molecular complexity index is 903. The number of rotatable bonds is 1. The van der Waals surface area contributed by atoms with Gasteiger partial charge >= 0.3 is 0 Å². The fraction of sp³-hybridized carbons (Fsp3) is 0.368. The van der Waals surface area contributed by atoms with E-state index in [1.807, 2.05) is 18.2 Å². The van der Waals surface area contributed by atoms with Crippen LogP contribution in [0, 0.1) is 11.9 Å². The molecule has 1 aromatic carbocycles. The summed E-state index contributed by atoms with van der Waals surface area (Å²) >= 11 is 0. The number of ether oxygens (including phenoxy) is 3. The summed E-state index contributed by atoms with van der Waals surface area (Å²) in [6.07, 6.45) is 2.22. The van der Waals surface area contributed by atoms with Crippen LogP contribution < -0.4 is 10.5 Å². The Balaban J connectivity index is 1.69. The molecule has 0 saturated carbocycles. The van der Waals surface area contributed by atoms with E-state index in [-0.39, 0.29) is 18.0 Å². The van der Waals surface area contributed by atoms with Gasteiger partial charge in [0.1, 0.15) is 24.0 Å². The van der Waals surface area contributed by atoms with Crippen molar-refractivity contribution in [3.63, 3.8) is 0 Å². The monoisotopic (exact) mass is 355 g/mol. The van der Waals surface area contributed by atoms with Gasteiger partial charge in [0.05, 0.1) is 19.1 Å². The zero-order valence-corrected chi connectivity index (χ0v) is 14.0. The van der Waals surface area contributed by atoms with E-state index in [0.29, 0.717) is 30.9 Å². The molecule has 4 heterocycles. The summed E-state index contributed by atoms with van der Waals surface area (Å²) < 4.78 is 31.6. The molecule has 2 aromatic rings. The topological polar surface area (TPSA) is 79.0 Å². The smallest absolute Gasteiger partial charge is 0.283 e. The summed E-state index contributed by atoms with van der Waals surface area (Å²) in [6, 6.07) is 9.20. The highest BCUT2D eigenvalue weighted by Crippen LogP contribution is 2.50. The number of halogens is 1. The Kier molecular flexibility index (Phi) is 3.40. The maximum Gasteiger partial charge on any atom is 0.283 e. The first kappa shape index (κ1) is 15.6. The second-order valence-corrected chi connectivity index (χ2v) is 6.84. The molecule has 2 unspecified atom stereocenters. The first-order valence-electron chi connectivity index (χ1n) is 8.65. The van der Waals surface area contributed by atoms with Crippen LogP contribution in [0.25, 0.3) is 11.1 Å².